The maximum absolute atomic E-state index is 12.8. The Morgan fingerprint density at radius 2 is 1.89 bits per heavy atom. The monoisotopic (exact) mass is 374 g/mol. The van der Waals surface area contributed by atoms with Gasteiger partial charge in [0.1, 0.15) is 5.54 Å². The molecule has 0 radical (unpaired) electrons. The van der Waals surface area contributed by atoms with Gasteiger partial charge in [-0.2, -0.15) is 0 Å². The fourth-order valence-electron chi connectivity index (χ4n) is 3.81. The molecule has 1 fully saturated rings. The number of nitrogens with one attached hydrogen (secondary N) is 1. The predicted molar refractivity (Wildman–Crippen MR) is 94.5 cm³/mol. The van der Waals surface area contributed by atoms with E-state index in [1.54, 1.807) is 13.8 Å². The first kappa shape index (κ1) is 19.0. The van der Waals surface area contributed by atoms with Gasteiger partial charge in [0.2, 0.25) is 0 Å². The summed E-state index contributed by atoms with van der Waals surface area (Å²) in [5, 5.41) is 12.4. The number of aliphatic carboxylic acids is 1. The number of carbonyl (C=O) groups is 4. The van der Waals surface area contributed by atoms with Gasteiger partial charge in [-0.15, -0.1) is 0 Å². The number of rotatable bonds is 5. The number of hydrogen-bond donors (Lipinski definition) is 2. The van der Waals surface area contributed by atoms with Crippen molar-refractivity contribution in [2.75, 3.05) is 13.7 Å². The maximum atomic E-state index is 12.8. The SMILES string of the molecule is CCOC1CC(NC(=O)c2ccc3c(c2)C(=O)N(C)C3=O)(C(=O)O)C1(C)C. The van der Waals surface area contributed by atoms with Gasteiger partial charge in [0.15, 0.2) is 0 Å². The minimum absolute atomic E-state index is 0.126. The number of carboxylic acid groups (broad SMARTS) is 1. The molecule has 3 amide bonds. The first-order valence-corrected chi connectivity index (χ1v) is 8.70. The van der Waals surface area contributed by atoms with E-state index in [1.165, 1.54) is 25.2 Å². The van der Waals surface area contributed by atoms with Crippen LogP contribution in [-0.4, -0.2) is 59.0 Å². The van der Waals surface area contributed by atoms with Crippen LogP contribution in [0.25, 0.3) is 0 Å². The highest BCUT2D eigenvalue weighted by Crippen LogP contribution is 2.51. The second-order valence-electron chi connectivity index (χ2n) is 7.46. The highest BCUT2D eigenvalue weighted by atomic mass is 16.5. The van der Waals surface area contributed by atoms with E-state index in [-0.39, 0.29) is 29.2 Å². The lowest BCUT2D eigenvalue weighted by atomic mass is 9.54. The number of carbonyl (C=O) groups excluding carboxylic acids is 3. The number of amides is 3. The number of hydrogen-bond acceptors (Lipinski definition) is 5. The van der Waals surface area contributed by atoms with Crippen molar-refractivity contribution in [3.8, 4) is 0 Å². The van der Waals surface area contributed by atoms with Gasteiger partial charge in [-0.05, 0) is 25.1 Å². The fraction of sp³-hybridized carbons (Fsp3) is 0.474. The van der Waals surface area contributed by atoms with E-state index < -0.39 is 34.6 Å². The van der Waals surface area contributed by atoms with E-state index in [0.717, 1.165) is 4.90 Å². The quantitative estimate of drug-likeness (QED) is 0.751. The Hall–Kier alpha value is -2.74. The molecule has 1 aliphatic heterocycles. The van der Waals surface area contributed by atoms with Crippen LogP contribution in [-0.2, 0) is 9.53 Å². The molecular formula is C19H22N2O6. The van der Waals surface area contributed by atoms with E-state index in [2.05, 4.69) is 5.32 Å². The summed E-state index contributed by atoms with van der Waals surface area (Å²) in [5.41, 5.74) is -1.79. The highest BCUT2D eigenvalue weighted by Gasteiger charge is 2.66. The second-order valence-corrected chi connectivity index (χ2v) is 7.46. The summed E-state index contributed by atoms with van der Waals surface area (Å²) >= 11 is 0. The van der Waals surface area contributed by atoms with Gasteiger partial charge in [-0.25, -0.2) is 4.79 Å². The minimum atomic E-state index is -1.47. The molecule has 1 aliphatic carbocycles. The zero-order chi connectivity index (χ0) is 20.1. The molecule has 27 heavy (non-hydrogen) atoms. The molecule has 144 valence electrons. The summed E-state index contributed by atoms with van der Waals surface area (Å²) in [7, 11) is 1.37. The molecule has 1 aromatic rings. The Labute approximate surface area is 156 Å². The normalized spacial score (nSPS) is 25.8. The molecule has 2 unspecified atom stereocenters. The maximum Gasteiger partial charge on any atom is 0.330 e. The lowest BCUT2D eigenvalue weighted by molar-refractivity contribution is -0.190. The van der Waals surface area contributed by atoms with Crippen molar-refractivity contribution in [1.29, 1.82) is 0 Å². The van der Waals surface area contributed by atoms with E-state index in [0.29, 0.717) is 6.61 Å². The lowest BCUT2D eigenvalue weighted by Crippen LogP contribution is -2.76. The van der Waals surface area contributed by atoms with Crippen LogP contribution in [0.15, 0.2) is 18.2 Å². The molecule has 1 aromatic carbocycles. The Balaban J connectivity index is 1.88. The van der Waals surface area contributed by atoms with Crippen molar-refractivity contribution in [1.82, 2.24) is 10.2 Å². The third-order valence-electron chi connectivity index (χ3n) is 5.81. The largest absolute Gasteiger partial charge is 0.479 e. The number of benzene rings is 1. The van der Waals surface area contributed by atoms with Crippen molar-refractivity contribution in [2.24, 2.45) is 5.41 Å². The third kappa shape index (κ3) is 2.55. The fourth-order valence-corrected chi connectivity index (χ4v) is 3.81. The van der Waals surface area contributed by atoms with E-state index in [1.807, 2.05) is 6.92 Å². The molecule has 2 N–H and O–H groups in total. The second kappa shape index (κ2) is 6.16. The average Bonchev–Trinajstić information content (AvgIpc) is 2.84. The third-order valence-corrected chi connectivity index (χ3v) is 5.81. The number of fused-ring (bicyclic) bond motifs is 1. The Morgan fingerprint density at radius 3 is 2.44 bits per heavy atom. The number of imide groups is 1. The van der Waals surface area contributed by atoms with Gasteiger partial charge >= 0.3 is 5.97 Å². The zero-order valence-electron chi connectivity index (χ0n) is 15.7. The topological polar surface area (TPSA) is 113 Å². The van der Waals surface area contributed by atoms with Crippen molar-refractivity contribution in [2.45, 2.75) is 38.8 Å². The predicted octanol–water partition coefficient (Wildman–Crippen LogP) is 1.30. The standard InChI is InChI=1S/C19H22N2O6/c1-5-27-13-9-19(17(25)26,18(13,2)3)20-14(22)10-6-7-11-12(8-10)16(24)21(4)15(11)23/h6-8,13H,5,9H2,1-4H3,(H,20,22)(H,25,26). The van der Waals surface area contributed by atoms with Gasteiger partial charge in [0.25, 0.3) is 17.7 Å². The van der Waals surface area contributed by atoms with Gasteiger partial charge in [0, 0.05) is 31.1 Å². The van der Waals surface area contributed by atoms with Crippen molar-refractivity contribution >= 4 is 23.7 Å². The smallest absolute Gasteiger partial charge is 0.330 e. The molecule has 0 saturated heterocycles. The molecule has 0 spiro atoms. The Bertz CT molecular complexity index is 862. The summed E-state index contributed by atoms with van der Waals surface area (Å²) in [6.45, 7) is 5.76. The lowest BCUT2D eigenvalue weighted by Gasteiger charge is -2.58. The van der Waals surface area contributed by atoms with Crippen LogP contribution in [0.3, 0.4) is 0 Å². The summed E-state index contributed by atoms with van der Waals surface area (Å²) in [4.78, 5) is 49.8. The molecule has 8 heteroatoms. The van der Waals surface area contributed by atoms with Crippen LogP contribution in [0.1, 0.15) is 58.3 Å². The minimum Gasteiger partial charge on any atom is -0.479 e. The summed E-state index contributed by atoms with van der Waals surface area (Å²) < 4.78 is 5.58. The summed E-state index contributed by atoms with van der Waals surface area (Å²) in [6, 6.07) is 4.16. The average molecular weight is 374 g/mol. The summed E-state index contributed by atoms with van der Waals surface area (Å²) in [5.74, 6) is -2.66. The van der Waals surface area contributed by atoms with Crippen molar-refractivity contribution in [3.63, 3.8) is 0 Å². The zero-order valence-corrected chi connectivity index (χ0v) is 15.7. The molecular weight excluding hydrogens is 352 g/mol. The van der Waals surface area contributed by atoms with Crippen LogP contribution < -0.4 is 5.32 Å². The van der Waals surface area contributed by atoms with E-state index in [9.17, 15) is 24.3 Å². The Morgan fingerprint density at radius 1 is 1.26 bits per heavy atom. The van der Waals surface area contributed by atoms with Gasteiger partial charge in [-0.1, -0.05) is 13.8 Å². The van der Waals surface area contributed by atoms with E-state index in [4.69, 9.17) is 4.74 Å². The summed E-state index contributed by atoms with van der Waals surface area (Å²) in [6.07, 6.45) is -0.133. The van der Waals surface area contributed by atoms with Crippen LogP contribution in [0, 0.1) is 5.41 Å². The van der Waals surface area contributed by atoms with Gasteiger partial charge in [0.05, 0.1) is 17.2 Å². The van der Waals surface area contributed by atoms with Crippen molar-refractivity contribution < 1.29 is 29.0 Å². The number of ether oxygens (including phenoxy) is 1. The molecule has 0 bridgehead atoms. The molecule has 0 aromatic heterocycles. The van der Waals surface area contributed by atoms with Crippen LogP contribution >= 0.6 is 0 Å². The van der Waals surface area contributed by atoms with E-state index >= 15 is 0 Å². The molecule has 8 nitrogen and oxygen atoms in total. The highest BCUT2D eigenvalue weighted by molar-refractivity contribution is 6.21. The molecule has 2 atom stereocenters. The van der Waals surface area contributed by atoms with Crippen LogP contribution in [0.2, 0.25) is 0 Å². The first-order chi connectivity index (χ1) is 12.6. The molecule has 1 heterocycles. The molecule has 3 rings (SSSR count). The van der Waals surface area contributed by atoms with Gasteiger partial charge in [-0.3, -0.25) is 19.3 Å². The van der Waals surface area contributed by atoms with Crippen LogP contribution in [0.4, 0.5) is 0 Å². The van der Waals surface area contributed by atoms with Crippen molar-refractivity contribution in [3.05, 3.63) is 34.9 Å². The van der Waals surface area contributed by atoms with Gasteiger partial charge < -0.3 is 15.2 Å². The van der Waals surface area contributed by atoms with Crippen LogP contribution in [0.5, 0.6) is 0 Å². The molecule has 1 saturated carbocycles. The number of nitrogens with zero attached hydrogens (tertiary/aromatic N) is 1. The molecule has 2 aliphatic rings. The Kier molecular flexibility index (Phi) is 4.34. The first-order valence-electron chi connectivity index (χ1n) is 8.70. The number of carboxylic acids is 1.